The maximum Gasteiger partial charge on any atom is 0.229 e. The third-order valence-electron chi connectivity index (χ3n) is 7.76. The van der Waals surface area contributed by atoms with Crippen LogP contribution in [0.25, 0.3) is 0 Å². The maximum atomic E-state index is 13.5. The molecule has 0 N–H and O–H groups in total. The summed E-state index contributed by atoms with van der Waals surface area (Å²) in [7, 11) is -2.23. The van der Waals surface area contributed by atoms with Gasteiger partial charge in [0.2, 0.25) is 5.91 Å². The van der Waals surface area contributed by atoms with Crippen LogP contribution in [-0.4, -0.2) is 29.9 Å². The van der Waals surface area contributed by atoms with E-state index in [2.05, 4.69) is 111 Å². The molecular weight excluding hydrogens is 466 g/mol. The Morgan fingerprint density at radius 3 is 1.46 bits per heavy atom. The molecule has 1 heterocycles. The predicted octanol–water partition coefficient (Wildman–Crippen LogP) is 7.09. The normalized spacial score (nSPS) is 18.8. The topological polar surface area (TPSA) is 37.4 Å². The smallest absolute Gasteiger partial charge is 0.229 e. The van der Waals surface area contributed by atoms with Gasteiger partial charge in [0.1, 0.15) is 11.7 Å². The standard InChI is InChI=1S/C30H35NO2SSi/c1-22(32)26-27(33)31(35(5,6)29(2,3)4)28(26)34-30(23-16-10-7-11-17-23,24-18-12-8-13-19-24)25-20-14-9-15-21-25/h7-21,26,28H,1-6H3. The lowest BCUT2D eigenvalue weighted by Crippen LogP contribution is -2.73. The monoisotopic (exact) mass is 501 g/mol. The molecule has 2 unspecified atom stereocenters. The summed E-state index contributed by atoms with van der Waals surface area (Å²) in [4.78, 5) is 26.3. The number of ketones is 1. The zero-order valence-corrected chi connectivity index (χ0v) is 23.3. The number of amides is 1. The van der Waals surface area contributed by atoms with Crippen LogP contribution in [-0.2, 0) is 14.3 Å². The van der Waals surface area contributed by atoms with Gasteiger partial charge in [0.05, 0.1) is 10.1 Å². The average Bonchev–Trinajstić information content (AvgIpc) is 2.82. The van der Waals surface area contributed by atoms with Crippen molar-refractivity contribution in [2.75, 3.05) is 0 Å². The minimum absolute atomic E-state index is 0.00956. The molecule has 4 rings (SSSR count). The first kappa shape index (κ1) is 25.5. The molecule has 2 atom stereocenters. The Labute approximate surface area is 215 Å². The fourth-order valence-corrected chi connectivity index (χ4v) is 9.80. The van der Waals surface area contributed by atoms with Crippen molar-refractivity contribution in [3.8, 4) is 0 Å². The number of benzene rings is 3. The zero-order valence-electron chi connectivity index (χ0n) is 21.5. The van der Waals surface area contributed by atoms with Crippen molar-refractivity contribution >= 4 is 31.7 Å². The highest BCUT2D eigenvalue weighted by Gasteiger charge is 2.61. The van der Waals surface area contributed by atoms with Gasteiger partial charge >= 0.3 is 0 Å². The molecule has 1 saturated heterocycles. The molecule has 3 aromatic carbocycles. The van der Waals surface area contributed by atoms with Gasteiger partial charge in [-0.25, -0.2) is 0 Å². The van der Waals surface area contributed by atoms with E-state index >= 15 is 0 Å². The molecule has 1 aliphatic rings. The Kier molecular flexibility index (Phi) is 6.86. The average molecular weight is 502 g/mol. The zero-order chi connectivity index (χ0) is 25.4. The van der Waals surface area contributed by atoms with Crippen LogP contribution in [0.15, 0.2) is 91.0 Å². The van der Waals surface area contributed by atoms with E-state index in [1.54, 1.807) is 18.7 Å². The molecule has 5 heteroatoms. The van der Waals surface area contributed by atoms with Gasteiger partial charge in [-0.15, -0.1) is 11.8 Å². The highest BCUT2D eigenvalue weighted by Crippen LogP contribution is 2.57. The molecule has 0 aliphatic carbocycles. The van der Waals surface area contributed by atoms with Crippen LogP contribution in [0.1, 0.15) is 44.4 Å². The fraction of sp³-hybridized carbons (Fsp3) is 0.333. The van der Waals surface area contributed by atoms with E-state index < -0.39 is 18.9 Å². The summed E-state index contributed by atoms with van der Waals surface area (Å²) in [6, 6.07) is 31.4. The minimum atomic E-state index is -2.23. The summed E-state index contributed by atoms with van der Waals surface area (Å²) in [6.07, 6.45) is 0. The SMILES string of the molecule is CC(=O)C1C(=O)N([Si](C)(C)C(C)(C)C)C1SC(c1ccccc1)(c1ccccc1)c1ccccc1. The molecular formula is C30H35NO2SSi. The Balaban J connectivity index is 1.96. The Morgan fingerprint density at radius 1 is 0.771 bits per heavy atom. The quantitative estimate of drug-likeness (QED) is 0.150. The minimum Gasteiger partial charge on any atom is -0.356 e. The van der Waals surface area contributed by atoms with E-state index in [4.69, 9.17) is 0 Å². The Bertz CT molecular complexity index is 1090. The predicted molar refractivity (Wildman–Crippen MR) is 149 cm³/mol. The second kappa shape index (κ2) is 9.44. The molecule has 1 fully saturated rings. The van der Waals surface area contributed by atoms with E-state index in [1.165, 1.54) is 0 Å². The van der Waals surface area contributed by atoms with Gasteiger partial charge in [-0.1, -0.05) is 125 Å². The van der Waals surface area contributed by atoms with E-state index in [-0.39, 0.29) is 22.1 Å². The van der Waals surface area contributed by atoms with E-state index in [0.717, 1.165) is 16.7 Å². The summed E-state index contributed by atoms with van der Waals surface area (Å²) in [5.41, 5.74) is 3.41. The molecule has 3 aromatic rings. The van der Waals surface area contributed by atoms with Crippen LogP contribution in [0.5, 0.6) is 0 Å². The number of β-lactam (4-membered cyclic amide) rings is 1. The summed E-state index contributed by atoms with van der Waals surface area (Å²) < 4.78 is 1.52. The fourth-order valence-electron chi connectivity index (χ4n) is 4.82. The first-order chi connectivity index (χ1) is 16.5. The molecule has 0 spiro atoms. The second-order valence-corrected chi connectivity index (χ2v) is 17.3. The van der Waals surface area contributed by atoms with E-state index in [9.17, 15) is 9.59 Å². The summed E-state index contributed by atoms with van der Waals surface area (Å²) in [5.74, 6) is -0.681. The van der Waals surface area contributed by atoms with Crippen LogP contribution < -0.4 is 0 Å². The molecule has 35 heavy (non-hydrogen) atoms. The summed E-state index contributed by atoms with van der Waals surface area (Å²) in [6.45, 7) is 12.7. The molecule has 182 valence electrons. The van der Waals surface area contributed by atoms with Gasteiger partial charge in [-0.3, -0.25) is 9.59 Å². The number of rotatable bonds is 7. The Hall–Kier alpha value is -2.63. The lowest BCUT2D eigenvalue weighted by atomic mass is 9.84. The van der Waals surface area contributed by atoms with Crippen LogP contribution >= 0.6 is 11.8 Å². The van der Waals surface area contributed by atoms with Crippen LogP contribution in [0.4, 0.5) is 0 Å². The number of Topliss-reactive ketones (excluding diaryl/α,β-unsaturated/α-hetero) is 1. The van der Waals surface area contributed by atoms with Gasteiger partial charge in [-0.2, -0.15) is 0 Å². The highest BCUT2D eigenvalue weighted by molar-refractivity contribution is 8.01. The van der Waals surface area contributed by atoms with Crippen molar-refractivity contribution in [2.45, 2.75) is 55.9 Å². The highest BCUT2D eigenvalue weighted by atomic mass is 32.2. The molecule has 3 nitrogen and oxygen atoms in total. The third kappa shape index (κ3) is 4.29. The van der Waals surface area contributed by atoms with Crippen LogP contribution in [0.2, 0.25) is 18.1 Å². The second-order valence-electron chi connectivity index (χ2n) is 10.9. The first-order valence-electron chi connectivity index (χ1n) is 12.2. The number of hydrogen-bond acceptors (Lipinski definition) is 3. The molecule has 0 aromatic heterocycles. The van der Waals surface area contributed by atoms with Crippen LogP contribution in [0, 0.1) is 5.92 Å². The number of carbonyl (C=O) groups is 2. The molecule has 0 radical (unpaired) electrons. The summed E-state index contributed by atoms with van der Waals surface area (Å²) >= 11 is 1.75. The van der Waals surface area contributed by atoms with Gasteiger partial charge in [0.15, 0.2) is 8.24 Å². The lowest BCUT2D eigenvalue weighted by molar-refractivity contribution is -0.149. The molecule has 0 saturated carbocycles. The van der Waals surface area contributed by atoms with Crippen molar-refractivity contribution in [3.63, 3.8) is 0 Å². The number of hydrogen-bond donors (Lipinski definition) is 0. The van der Waals surface area contributed by atoms with Gasteiger partial charge in [-0.05, 0) is 28.7 Å². The molecule has 0 bridgehead atoms. The maximum absolute atomic E-state index is 13.5. The number of thioether (sulfide) groups is 1. The molecule has 1 aliphatic heterocycles. The van der Waals surface area contributed by atoms with Crippen molar-refractivity contribution in [1.29, 1.82) is 0 Å². The largest absolute Gasteiger partial charge is 0.356 e. The van der Waals surface area contributed by atoms with E-state index in [0.29, 0.717) is 0 Å². The molecule has 1 amide bonds. The summed E-state index contributed by atoms with van der Waals surface area (Å²) in [5, 5.41) is -0.264. The van der Waals surface area contributed by atoms with Gasteiger partial charge < -0.3 is 4.57 Å². The van der Waals surface area contributed by atoms with Crippen molar-refractivity contribution in [2.24, 2.45) is 5.92 Å². The van der Waals surface area contributed by atoms with Gasteiger partial charge in [0, 0.05) is 0 Å². The van der Waals surface area contributed by atoms with Crippen molar-refractivity contribution < 1.29 is 9.59 Å². The number of carbonyl (C=O) groups excluding carboxylic acids is 2. The third-order valence-corrected chi connectivity index (χ3v) is 15.1. The first-order valence-corrected chi connectivity index (χ1v) is 16.0. The van der Waals surface area contributed by atoms with Gasteiger partial charge in [0.25, 0.3) is 0 Å². The number of nitrogens with zero attached hydrogens (tertiary/aromatic N) is 1. The van der Waals surface area contributed by atoms with E-state index in [1.807, 2.05) is 18.2 Å². The van der Waals surface area contributed by atoms with Crippen LogP contribution in [0.3, 0.4) is 0 Å². The van der Waals surface area contributed by atoms with Crippen molar-refractivity contribution in [3.05, 3.63) is 108 Å². The van der Waals surface area contributed by atoms with Crippen molar-refractivity contribution in [1.82, 2.24) is 4.57 Å². The lowest BCUT2D eigenvalue weighted by Gasteiger charge is -2.59. The Morgan fingerprint density at radius 2 is 1.14 bits per heavy atom.